The predicted octanol–water partition coefficient (Wildman–Crippen LogP) is 4.33. The van der Waals surface area contributed by atoms with E-state index in [1.807, 2.05) is 0 Å². The van der Waals surface area contributed by atoms with Gasteiger partial charge < -0.3 is 15.1 Å². The predicted molar refractivity (Wildman–Crippen MR) is 130 cm³/mol. The van der Waals surface area contributed by atoms with E-state index in [1.165, 1.54) is 36.4 Å². The van der Waals surface area contributed by atoms with Crippen LogP contribution in [0.4, 0.5) is 0 Å². The van der Waals surface area contributed by atoms with Gasteiger partial charge in [0.25, 0.3) is 0 Å². The van der Waals surface area contributed by atoms with E-state index in [2.05, 4.69) is 4.72 Å². The van der Waals surface area contributed by atoms with Gasteiger partial charge >= 0.3 is 5.97 Å². The van der Waals surface area contributed by atoms with Gasteiger partial charge in [-0.1, -0.05) is 48.0 Å². The van der Waals surface area contributed by atoms with Gasteiger partial charge in [-0.3, -0.25) is 4.57 Å². The Morgan fingerprint density at radius 3 is 1.94 bits per heavy atom. The Kier molecular flexibility index (Phi) is 7.98. The minimum absolute atomic E-state index is 0.00739. The molecule has 0 saturated carbocycles. The number of rotatable bonds is 9. The quantitative estimate of drug-likeness (QED) is 0.306. The zero-order valence-corrected chi connectivity index (χ0v) is 20.5. The van der Waals surface area contributed by atoms with Gasteiger partial charge in [-0.2, -0.15) is 0 Å². The number of hydrogen-bond acceptors (Lipinski definition) is 5. The average molecular weight is 524 g/mol. The van der Waals surface area contributed by atoms with Crippen molar-refractivity contribution in [3.63, 3.8) is 0 Å². The molecule has 3 unspecified atom stereocenters. The van der Waals surface area contributed by atoms with Gasteiger partial charge in [0.15, 0.2) is 0 Å². The fourth-order valence-electron chi connectivity index (χ4n) is 3.24. The van der Waals surface area contributed by atoms with Crippen LogP contribution in [0.15, 0.2) is 77.7 Å². The van der Waals surface area contributed by atoms with Gasteiger partial charge in [0.2, 0.25) is 17.4 Å². The second-order valence-corrected chi connectivity index (χ2v) is 12.4. The molecule has 3 aromatic carbocycles. The van der Waals surface area contributed by atoms with Crippen LogP contribution < -0.4 is 4.72 Å². The number of benzene rings is 3. The molecule has 0 aliphatic carbocycles. The summed E-state index contributed by atoms with van der Waals surface area (Å²) in [5.41, 5.74) is 1.95. The van der Waals surface area contributed by atoms with Crippen LogP contribution in [-0.2, 0) is 14.6 Å². The summed E-state index contributed by atoms with van der Waals surface area (Å²) < 4.78 is 40.5. The van der Waals surface area contributed by atoms with Crippen molar-refractivity contribution in [1.29, 1.82) is 0 Å². The topological polar surface area (TPSA) is 141 Å². The Balaban J connectivity index is 1.89. The number of aromatic carboxylic acids is 1. The molecule has 0 aromatic heterocycles. The summed E-state index contributed by atoms with van der Waals surface area (Å²) in [6.45, 7) is 0.978. The van der Waals surface area contributed by atoms with Crippen LogP contribution >= 0.6 is 19.0 Å². The Hall–Kier alpha value is -2.52. The SMILES string of the molecule is CP(=O)(O)C(O)CC(NS(=O)(=O)c1ccc(-c2ccc(Cl)cc2)cc1)c1ccc(C(=O)O)cc1. The van der Waals surface area contributed by atoms with E-state index in [0.717, 1.165) is 17.8 Å². The molecule has 3 aromatic rings. The molecule has 0 fully saturated rings. The highest BCUT2D eigenvalue weighted by Gasteiger charge is 2.30. The first kappa shape index (κ1) is 26.1. The third-order valence-corrected chi connectivity index (χ3v) is 8.26. The molecule has 0 bridgehead atoms. The Morgan fingerprint density at radius 2 is 1.47 bits per heavy atom. The standard InChI is InChI=1S/C23H23ClNO7PS/c1-33(29,30)22(26)14-21(17-2-4-18(5-3-17)23(27)28)25-34(31,32)20-12-8-16(9-13-20)15-6-10-19(24)11-7-15/h2-13,21-22,25-26H,14H2,1H3,(H,27,28)(H,29,30). The molecule has 34 heavy (non-hydrogen) atoms. The summed E-state index contributed by atoms with van der Waals surface area (Å²) in [5, 5.41) is 19.8. The average Bonchev–Trinajstić information content (AvgIpc) is 2.78. The summed E-state index contributed by atoms with van der Waals surface area (Å²) >= 11 is 5.90. The molecule has 3 atom stereocenters. The maximum absolute atomic E-state index is 13.1. The Labute approximate surface area is 202 Å². The summed E-state index contributed by atoms with van der Waals surface area (Å²) in [7, 11) is -8.02. The van der Waals surface area contributed by atoms with Crippen molar-refractivity contribution in [2.24, 2.45) is 0 Å². The van der Waals surface area contributed by atoms with Crippen LogP contribution in [0, 0.1) is 0 Å². The molecule has 11 heteroatoms. The van der Waals surface area contributed by atoms with Crippen molar-refractivity contribution in [2.75, 3.05) is 6.66 Å². The van der Waals surface area contributed by atoms with Crippen LogP contribution in [0.1, 0.15) is 28.4 Å². The van der Waals surface area contributed by atoms with Crippen LogP contribution in [0.3, 0.4) is 0 Å². The molecule has 0 aliphatic rings. The number of carboxylic acid groups (broad SMARTS) is 1. The normalized spacial score (nSPS) is 15.3. The zero-order valence-electron chi connectivity index (χ0n) is 18.0. The van der Waals surface area contributed by atoms with Gasteiger partial charge in [-0.15, -0.1) is 0 Å². The van der Waals surface area contributed by atoms with Crippen molar-refractivity contribution in [1.82, 2.24) is 4.72 Å². The minimum atomic E-state index is -4.10. The fourth-order valence-corrected chi connectivity index (χ4v) is 5.21. The summed E-state index contributed by atoms with van der Waals surface area (Å²) in [4.78, 5) is 20.8. The second kappa shape index (κ2) is 10.4. The third kappa shape index (κ3) is 6.54. The maximum atomic E-state index is 13.1. The van der Waals surface area contributed by atoms with Gasteiger partial charge in [0.1, 0.15) is 5.85 Å². The van der Waals surface area contributed by atoms with Crippen molar-refractivity contribution in [3.05, 3.63) is 88.9 Å². The first-order valence-corrected chi connectivity index (χ1v) is 14.1. The highest BCUT2D eigenvalue weighted by atomic mass is 35.5. The number of carbonyl (C=O) groups is 1. The largest absolute Gasteiger partial charge is 0.478 e. The van der Waals surface area contributed by atoms with Gasteiger partial charge in [-0.05, 0) is 53.1 Å². The van der Waals surface area contributed by atoms with E-state index in [-0.39, 0.29) is 10.5 Å². The van der Waals surface area contributed by atoms with E-state index < -0.39 is 41.7 Å². The van der Waals surface area contributed by atoms with E-state index in [4.69, 9.17) is 16.7 Å². The van der Waals surface area contributed by atoms with E-state index in [1.54, 1.807) is 36.4 Å². The monoisotopic (exact) mass is 523 g/mol. The third-order valence-electron chi connectivity index (χ3n) is 5.20. The lowest BCUT2D eigenvalue weighted by Gasteiger charge is -2.23. The lowest BCUT2D eigenvalue weighted by molar-refractivity contribution is 0.0696. The molecule has 8 nitrogen and oxygen atoms in total. The summed E-state index contributed by atoms with van der Waals surface area (Å²) in [5.74, 6) is -2.84. The van der Waals surface area contributed by atoms with Crippen molar-refractivity contribution in [2.45, 2.75) is 23.2 Å². The number of aliphatic hydroxyl groups is 1. The zero-order chi connectivity index (χ0) is 25.1. The highest BCUT2D eigenvalue weighted by Crippen LogP contribution is 2.44. The van der Waals surface area contributed by atoms with E-state index in [0.29, 0.717) is 10.6 Å². The van der Waals surface area contributed by atoms with Crippen LogP contribution in [0.25, 0.3) is 11.1 Å². The Morgan fingerprint density at radius 1 is 0.971 bits per heavy atom. The smallest absolute Gasteiger partial charge is 0.335 e. The first-order valence-electron chi connectivity index (χ1n) is 10.1. The first-order chi connectivity index (χ1) is 15.9. The lowest BCUT2D eigenvalue weighted by Crippen LogP contribution is -2.31. The van der Waals surface area contributed by atoms with Crippen LogP contribution in [-0.4, -0.2) is 42.0 Å². The summed E-state index contributed by atoms with van der Waals surface area (Å²) in [6.07, 6.45) is -0.390. The molecular weight excluding hydrogens is 501 g/mol. The van der Waals surface area contributed by atoms with Crippen molar-refractivity contribution < 1.29 is 32.9 Å². The molecule has 0 radical (unpaired) electrons. The van der Waals surface area contributed by atoms with E-state index in [9.17, 15) is 27.8 Å². The van der Waals surface area contributed by atoms with Crippen LogP contribution in [0.5, 0.6) is 0 Å². The lowest BCUT2D eigenvalue weighted by atomic mass is 10.0. The number of aliphatic hydroxyl groups excluding tert-OH is 1. The minimum Gasteiger partial charge on any atom is -0.478 e. The number of nitrogens with one attached hydrogen (secondary N) is 1. The van der Waals surface area contributed by atoms with Crippen LogP contribution in [0.2, 0.25) is 5.02 Å². The number of sulfonamides is 1. The van der Waals surface area contributed by atoms with Gasteiger partial charge in [0, 0.05) is 24.2 Å². The van der Waals surface area contributed by atoms with Gasteiger partial charge in [-0.25, -0.2) is 17.9 Å². The number of hydrogen-bond donors (Lipinski definition) is 4. The molecule has 0 amide bonds. The molecule has 3 rings (SSSR count). The fraction of sp³-hybridized carbons (Fsp3) is 0.174. The Bertz CT molecular complexity index is 1300. The molecule has 180 valence electrons. The van der Waals surface area contributed by atoms with E-state index >= 15 is 0 Å². The molecule has 0 saturated heterocycles. The molecular formula is C23H23ClNO7PS. The second-order valence-electron chi connectivity index (χ2n) is 7.79. The number of halogens is 1. The molecule has 4 N–H and O–H groups in total. The highest BCUT2D eigenvalue weighted by molar-refractivity contribution is 7.89. The van der Waals surface area contributed by atoms with Crippen molar-refractivity contribution in [3.8, 4) is 11.1 Å². The summed E-state index contributed by atoms with van der Waals surface area (Å²) in [6, 6.07) is 17.5. The van der Waals surface area contributed by atoms with Crippen molar-refractivity contribution >= 4 is 35.0 Å². The molecule has 0 aliphatic heterocycles. The number of carboxylic acids is 1. The molecule has 0 heterocycles. The maximum Gasteiger partial charge on any atom is 0.335 e. The van der Waals surface area contributed by atoms with Gasteiger partial charge in [0.05, 0.1) is 10.5 Å². The molecule has 0 spiro atoms.